The number of nitrogens with zero attached hydrogens (tertiary/aromatic N) is 1. The van der Waals surface area contributed by atoms with E-state index >= 15 is 0 Å². The third-order valence-corrected chi connectivity index (χ3v) is 2.33. The molecule has 0 fully saturated rings. The maximum Gasteiger partial charge on any atom is 0.167 e. The van der Waals surface area contributed by atoms with Crippen LogP contribution in [-0.2, 0) is 6.42 Å². The lowest BCUT2D eigenvalue weighted by atomic mass is 10.1. The molecule has 4 heteroatoms. The van der Waals surface area contributed by atoms with Gasteiger partial charge in [0.2, 0.25) is 0 Å². The van der Waals surface area contributed by atoms with E-state index in [2.05, 4.69) is 5.16 Å². The van der Waals surface area contributed by atoms with Crippen LogP contribution in [0.2, 0.25) is 0 Å². The third kappa shape index (κ3) is 2.23. The van der Waals surface area contributed by atoms with Crippen molar-refractivity contribution >= 4 is 0 Å². The highest BCUT2D eigenvalue weighted by Crippen LogP contribution is 2.22. The van der Waals surface area contributed by atoms with Gasteiger partial charge >= 0.3 is 0 Å². The monoisotopic (exact) mass is 218 g/mol. The van der Waals surface area contributed by atoms with E-state index < -0.39 is 0 Å². The second-order valence-corrected chi connectivity index (χ2v) is 3.45. The fourth-order valence-electron chi connectivity index (χ4n) is 1.47. The van der Waals surface area contributed by atoms with E-state index in [4.69, 9.17) is 15.0 Å². The maximum atomic E-state index is 5.45. The number of rotatable bonds is 4. The van der Waals surface area contributed by atoms with Crippen molar-refractivity contribution in [3.05, 3.63) is 36.0 Å². The Bertz CT molecular complexity index is 448. The van der Waals surface area contributed by atoms with Gasteiger partial charge in [0.15, 0.2) is 5.76 Å². The fraction of sp³-hybridized carbons (Fsp3) is 0.250. The van der Waals surface area contributed by atoms with Crippen LogP contribution < -0.4 is 10.5 Å². The van der Waals surface area contributed by atoms with Crippen molar-refractivity contribution in [2.75, 3.05) is 13.7 Å². The Morgan fingerprint density at radius 3 is 2.69 bits per heavy atom. The predicted octanol–water partition coefficient (Wildman–Crippen LogP) is 1.85. The van der Waals surface area contributed by atoms with Gasteiger partial charge in [0, 0.05) is 18.1 Å². The predicted molar refractivity (Wildman–Crippen MR) is 61.2 cm³/mol. The number of hydrogen-bond acceptors (Lipinski definition) is 4. The molecular weight excluding hydrogens is 204 g/mol. The second kappa shape index (κ2) is 4.81. The van der Waals surface area contributed by atoms with E-state index in [-0.39, 0.29) is 0 Å². The lowest BCUT2D eigenvalue weighted by molar-refractivity contribution is 0.414. The van der Waals surface area contributed by atoms with Crippen LogP contribution in [0.3, 0.4) is 0 Å². The minimum Gasteiger partial charge on any atom is -0.497 e. The molecule has 1 aromatic heterocycles. The zero-order valence-electron chi connectivity index (χ0n) is 9.14. The average molecular weight is 218 g/mol. The summed E-state index contributed by atoms with van der Waals surface area (Å²) >= 11 is 0. The molecule has 0 spiro atoms. The first kappa shape index (κ1) is 10.7. The SMILES string of the molecule is COc1ccc(-c2cc(CCN)no2)cc1. The molecule has 0 atom stereocenters. The smallest absolute Gasteiger partial charge is 0.167 e. The van der Waals surface area contributed by atoms with Crippen LogP contribution in [0.5, 0.6) is 5.75 Å². The van der Waals surface area contributed by atoms with Gasteiger partial charge in [-0.25, -0.2) is 0 Å². The number of aromatic nitrogens is 1. The lowest BCUT2D eigenvalue weighted by Crippen LogP contribution is -2.02. The van der Waals surface area contributed by atoms with Crippen molar-refractivity contribution < 1.29 is 9.26 Å². The van der Waals surface area contributed by atoms with Crippen LogP contribution in [-0.4, -0.2) is 18.8 Å². The summed E-state index contributed by atoms with van der Waals surface area (Å²) in [6.07, 6.45) is 0.736. The molecule has 2 aromatic rings. The lowest BCUT2D eigenvalue weighted by Gasteiger charge is -1.99. The van der Waals surface area contributed by atoms with Gasteiger partial charge in [-0.05, 0) is 30.8 Å². The molecule has 0 amide bonds. The van der Waals surface area contributed by atoms with Crippen LogP contribution in [0.25, 0.3) is 11.3 Å². The highest BCUT2D eigenvalue weighted by molar-refractivity contribution is 5.58. The van der Waals surface area contributed by atoms with Gasteiger partial charge in [0.25, 0.3) is 0 Å². The van der Waals surface area contributed by atoms with Crippen molar-refractivity contribution in [2.24, 2.45) is 5.73 Å². The summed E-state index contributed by atoms with van der Waals surface area (Å²) < 4.78 is 10.3. The summed E-state index contributed by atoms with van der Waals surface area (Å²) in [6, 6.07) is 9.56. The molecule has 0 saturated carbocycles. The van der Waals surface area contributed by atoms with E-state index in [0.29, 0.717) is 6.54 Å². The molecule has 0 unspecified atom stereocenters. The molecule has 0 radical (unpaired) electrons. The third-order valence-electron chi connectivity index (χ3n) is 2.33. The van der Waals surface area contributed by atoms with Gasteiger partial charge in [-0.3, -0.25) is 0 Å². The van der Waals surface area contributed by atoms with Crippen LogP contribution in [0.1, 0.15) is 5.69 Å². The highest BCUT2D eigenvalue weighted by atomic mass is 16.5. The van der Waals surface area contributed by atoms with E-state index in [1.807, 2.05) is 30.3 Å². The summed E-state index contributed by atoms with van der Waals surface area (Å²) in [5.41, 5.74) is 7.31. The molecule has 2 N–H and O–H groups in total. The molecule has 1 aromatic carbocycles. The molecule has 2 rings (SSSR count). The molecule has 0 bridgehead atoms. The van der Waals surface area contributed by atoms with Gasteiger partial charge in [-0.15, -0.1) is 0 Å². The van der Waals surface area contributed by atoms with E-state index in [1.165, 1.54) is 0 Å². The number of benzene rings is 1. The molecule has 0 aliphatic heterocycles. The van der Waals surface area contributed by atoms with Gasteiger partial charge in [0.05, 0.1) is 12.8 Å². The van der Waals surface area contributed by atoms with Crippen LogP contribution in [0.4, 0.5) is 0 Å². The first-order valence-electron chi connectivity index (χ1n) is 5.13. The van der Waals surface area contributed by atoms with Crippen molar-refractivity contribution in [1.29, 1.82) is 0 Å². The van der Waals surface area contributed by atoms with Gasteiger partial charge in [-0.2, -0.15) is 0 Å². The van der Waals surface area contributed by atoms with E-state index in [1.54, 1.807) is 7.11 Å². The van der Waals surface area contributed by atoms with Gasteiger partial charge in [-0.1, -0.05) is 5.16 Å². The Morgan fingerprint density at radius 1 is 1.31 bits per heavy atom. The molecule has 1 heterocycles. The van der Waals surface area contributed by atoms with Crippen molar-refractivity contribution in [3.63, 3.8) is 0 Å². The minimum absolute atomic E-state index is 0.578. The fourth-order valence-corrected chi connectivity index (χ4v) is 1.47. The second-order valence-electron chi connectivity index (χ2n) is 3.45. The Morgan fingerprint density at radius 2 is 2.06 bits per heavy atom. The van der Waals surface area contributed by atoms with Gasteiger partial charge in [0.1, 0.15) is 5.75 Å². The number of methoxy groups -OCH3 is 1. The van der Waals surface area contributed by atoms with Crippen molar-refractivity contribution in [3.8, 4) is 17.1 Å². The number of nitrogens with two attached hydrogens (primary N) is 1. The first-order valence-corrected chi connectivity index (χ1v) is 5.13. The van der Waals surface area contributed by atoms with Crippen molar-refractivity contribution in [2.45, 2.75) is 6.42 Å². The Kier molecular flexibility index (Phi) is 3.22. The average Bonchev–Trinajstić information content (AvgIpc) is 2.78. The molecule has 4 nitrogen and oxygen atoms in total. The quantitative estimate of drug-likeness (QED) is 0.850. The number of ether oxygens (including phenoxy) is 1. The topological polar surface area (TPSA) is 61.3 Å². The molecule has 0 aliphatic rings. The van der Waals surface area contributed by atoms with E-state index in [9.17, 15) is 0 Å². The summed E-state index contributed by atoms with van der Waals surface area (Å²) in [7, 11) is 1.64. The first-order chi connectivity index (χ1) is 7.83. The number of hydrogen-bond donors (Lipinski definition) is 1. The normalized spacial score (nSPS) is 10.4. The van der Waals surface area contributed by atoms with Gasteiger partial charge < -0.3 is 15.0 Å². The van der Waals surface area contributed by atoms with Crippen LogP contribution in [0.15, 0.2) is 34.9 Å². The molecule has 16 heavy (non-hydrogen) atoms. The Hall–Kier alpha value is -1.81. The van der Waals surface area contributed by atoms with Crippen molar-refractivity contribution in [1.82, 2.24) is 5.16 Å². The summed E-state index contributed by atoms with van der Waals surface area (Å²) in [6.45, 7) is 0.578. The Labute approximate surface area is 94.0 Å². The standard InChI is InChI=1S/C12H14N2O2/c1-15-11-4-2-9(3-5-11)12-8-10(6-7-13)14-16-12/h2-5,8H,6-7,13H2,1H3. The molecule has 84 valence electrons. The molecular formula is C12H14N2O2. The van der Waals surface area contributed by atoms with Crippen LogP contribution >= 0.6 is 0 Å². The zero-order valence-corrected chi connectivity index (χ0v) is 9.14. The minimum atomic E-state index is 0.578. The molecule has 0 saturated heterocycles. The summed E-state index contributed by atoms with van der Waals surface area (Å²) in [4.78, 5) is 0. The largest absolute Gasteiger partial charge is 0.497 e. The summed E-state index contributed by atoms with van der Waals surface area (Å²) in [5, 5.41) is 3.94. The van der Waals surface area contributed by atoms with E-state index in [0.717, 1.165) is 29.2 Å². The highest BCUT2D eigenvalue weighted by Gasteiger charge is 2.05. The molecule has 0 aliphatic carbocycles. The zero-order chi connectivity index (χ0) is 11.4. The maximum absolute atomic E-state index is 5.45. The Balaban J connectivity index is 2.21. The van der Waals surface area contributed by atoms with Crippen LogP contribution in [0, 0.1) is 0 Å². The summed E-state index contributed by atoms with van der Waals surface area (Å²) in [5.74, 6) is 1.58.